The Morgan fingerprint density at radius 3 is 2.59 bits per heavy atom. The highest BCUT2D eigenvalue weighted by Gasteiger charge is 2.17. The molecule has 1 rings (SSSR count). The maximum absolute atomic E-state index is 11.9. The lowest BCUT2D eigenvalue weighted by Gasteiger charge is -2.28. The summed E-state index contributed by atoms with van der Waals surface area (Å²) < 4.78 is 0. The minimum Gasteiger partial charge on any atom is -0.342 e. The number of carbonyl (C=O) groups is 1. The molecule has 1 unspecified atom stereocenters. The number of nitrogens with one attached hydrogen (secondary N) is 1. The molecule has 4 heteroatoms. The first-order chi connectivity index (χ1) is 8.17. The van der Waals surface area contributed by atoms with E-state index in [9.17, 15) is 4.79 Å². The molecular weight excluding hydrogens is 214 g/mol. The number of piperidine rings is 1. The zero-order chi connectivity index (χ0) is 12.7. The Balaban J connectivity index is 2.27. The topological polar surface area (TPSA) is 35.6 Å². The molecule has 1 aliphatic rings. The molecule has 1 amide bonds. The van der Waals surface area contributed by atoms with Gasteiger partial charge in [0.25, 0.3) is 0 Å². The van der Waals surface area contributed by atoms with Gasteiger partial charge in [-0.25, -0.2) is 0 Å². The lowest BCUT2D eigenvalue weighted by Crippen LogP contribution is -2.42. The van der Waals surface area contributed by atoms with E-state index in [1.807, 2.05) is 18.7 Å². The van der Waals surface area contributed by atoms with E-state index >= 15 is 0 Å². The number of likely N-dealkylation sites (N-methyl/N-ethyl adjacent to an activating group) is 2. The van der Waals surface area contributed by atoms with Crippen molar-refractivity contribution in [1.29, 1.82) is 0 Å². The van der Waals surface area contributed by atoms with Crippen LogP contribution in [0.5, 0.6) is 0 Å². The Hall–Kier alpha value is -0.610. The summed E-state index contributed by atoms with van der Waals surface area (Å²) in [5.74, 6) is 0.958. The second-order valence-corrected chi connectivity index (χ2v) is 4.98. The molecule has 4 nitrogen and oxygen atoms in total. The van der Waals surface area contributed by atoms with E-state index in [2.05, 4.69) is 17.3 Å². The van der Waals surface area contributed by atoms with Crippen LogP contribution in [0.25, 0.3) is 0 Å². The van der Waals surface area contributed by atoms with E-state index in [-0.39, 0.29) is 5.91 Å². The summed E-state index contributed by atoms with van der Waals surface area (Å²) in [6, 6.07) is 0. The van der Waals surface area contributed by atoms with Gasteiger partial charge in [-0.05, 0) is 52.7 Å². The molecule has 0 spiro atoms. The van der Waals surface area contributed by atoms with E-state index in [4.69, 9.17) is 0 Å². The molecule has 0 bridgehead atoms. The first kappa shape index (κ1) is 14.5. The minimum absolute atomic E-state index is 0.251. The number of carbonyl (C=O) groups excluding carboxylic acids is 1. The standard InChI is InChI=1S/C13H27N3O/c1-4-16(5-2)13(17)11-15(3)10-12-7-6-8-14-9-12/h12,14H,4-11H2,1-3H3. The molecule has 0 aromatic heterocycles. The third-order valence-electron chi connectivity index (χ3n) is 3.49. The van der Waals surface area contributed by atoms with Crippen molar-refractivity contribution in [2.45, 2.75) is 26.7 Å². The van der Waals surface area contributed by atoms with Crippen LogP contribution in [0.4, 0.5) is 0 Å². The second-order valence-electron chi connectivity index (χ2n) is 4.98. The van der Waals surface area contributed by atoms with Crippen LogP contribution >= 0.6 is 0 Å². The Morgan fingerprint density at radius 2 is 2.06 bits per heavy atom. The summed E-state index contributed by atoms with van der Waals surface area (Å²) in [5.41, 5.74) is 0. The fourth-order valence-corrected chi connectivity index (χ4v) is 2.49. The Labute approximate surface area is 105 Å². The summed E-state index contributed by atoms with van der Waals surface area (Å²) in [5, 5.41) is 3.42. The summed E-state index contributed by atoms with van der Waals surface area (Å²) in [6.45, 7) is 9.53. The van der Waals surface area contributed by atoms with Crippen LogP contribution in [-0.4, -0.2) is 62.0 Å². The molecular formula is C13H27N3O. The third-order valence-corrected chi connectivity index (χ3v) is 3.49. The fraction of sp³-hybridized carbons (Fsp3) is 0.923. The molecule has 0 saturated carbocycles. The molecule has 1 N–H and O–H groups in total. The van der Waals surface area contributed by atoms with Crippen molar-refractivity contribution in [2.24, 2.45) is 5.92 Å². The molecule has 1 atom stereocenters. The Bertz CT molecular complexity index is 223. The van der Waals surface area contributed by atoms with Gasteiger partial charge < -0.3 is 10.2 Å². The van der Waals surface area contributed by atoms with Crippen LogP contribution < -0.4 is 5.32 Å². The largest absolute Gasteiger partial charge is 0.342 e. The maximum atomic E-state index is 11.9. The molecule has 0 radical (unpaired) electrons. The molecule has 1 saturated heterocycles. The lowest BCUT2D eigenvalue weighted by molar-refractivity contribution is -0.131. The number of hydrogen-bond donors (Lipinski definition) is 1. The summed E-state index contributed by atoms with van der Waals surface area (Å²) >= 11 is 0. The van der Waals surface area contributed by atoms with Crippen LogP contribution in [0.3, 0.4) is 0 Å². The molecule has 0 aromatic rings. The molecule has 1 heterocycles. The van der Waals surface area contributed by atoms with Crippen molar-refractivity contribution >= 4 is 5.91 Å². The predicted octanol–water partition coefficient (Wildman–Crippen LogP) is 0.786. The van der Waals surface area contributed by atoms with Crippen molar-refractivity contribution < 1.29 is 4.79 Å². The van der Waals surface area contributed by atoms with E-state index < -0.39 is 0 Å². The molecule has 100 valence electrons. The SMILES string of the molecule is CCN(CC)C(=O)CN(C)CC1CCCNC1. The lowest BCUT2D eigenvalue weighted by atomic mass is 9.99. The highest BCUT2D eigenvalue weighted by molar-refractivity contribution is 5.78. The van der Waals surface area contributed by atoms with Crippen molar-refractivity contribution in [3.63, 3.8) is 0 Å². The van der Waals surface area contributed by atoms with Crippen LogP contribution in [0.2, 0.25) is 0 Å². The average Bonchev–Trinajstić information content (AvgIpc) is 2.31. The third kappa shape index (κ3) is 5.04. The number of hydrogen-bond acceptors (Lipinski definition) is 3. The van der Waals surface area contributed by atoms with Crippen molar-refractivity contribution in [1.82, 2.24) is 15.1 Å². The van der Waals surface area contributed by atoms with Crippen molar-refractivity contribution in [2.75, 3.05) is 46.3 Å². The van der Waals surface area contributed by atoms with Crippen LogP contribution in [0, 0.1) is 5.92 Å². The number of nitrogens with zero attached hydrogens (tertiary/aromatic N) is 2. The number of rotatable bonds is 6. The van der Waals surface area contributed by atoms with Gasteiger partial charge in [-0.3, -0.25) is 9.69 Å². The molecule has 1 aliphatic heterocycles. The van der Waals surface area contributed by atoms with Gasteiger partial charge >= 0.3 is 0 Å². The van der Waals surface area contributed by atoms with E-state index in [0.29, 0.717) is 12.5 Å². The van der Waals surface area contributed by atoms with Crippen LogP contribution in [0.1, 0.15) is 26.7 Å². The van der Waals surface area contributed by atoms with Crippen LogP contribution in [-0.2, 0) is 4.79 Å². The molecule has 0 aliphatic carbocycles. The quantitative estimate of drug-likeness (QED) is 0.747. The summed E-state index contributed by atoms with van der Waals surface area (Å²) in [7, 11) is 2.05. The van der Waals surface area contributed by atoms with Gasteiger partial charge in [0.1, 0.15) is 0 Å². The zero-order valence-electron chi connectivity index (χ0n) is 11.5. The van der Waals surface area contributed by atoms with Gasteiger partial charge in [0, 0.05) is 19.6 Å². The van der Waals surface area contributed by atoms with E-state index in [1.165, 1.54) is 12.8 Å². The normalized spacial score (nSPS) is 20.6. The van der Waals surface area contributed by atoms with Crippen molar-refractivity contribution in [3.8, 4) is 0 Å². The fourth-order valence-electron chi connectivity index (χ4n) is 2.49. The first-order valence-electron chi connectivity index (χ1n) is 6.84. The van der Waals surface area contributed by atoms with E-state index in [1.54, 1.807) is 0 Å². The summed E-state index contributed by atoms with van der Waals surface area (Å²) in [6.07, 6.45) is 2.55. The molecule has 17 heavy (non-hydrogen) atoms. The number of amides is 1. The van der Waals surface area contributed by atoms with Gasteiger partial charge in [-0.15, -0.1) is 0 Å². The van der Waals surface area contributed by atoms with Gasteiger partial charge in [0.15, 0.2) is 0 Å². The van der Waals surface area contributed by atoms with Crippen LogP contribution in [0.15, 0.2) is 0 Å². The Morgan fingerprint density at radius 1 is 1.35 bits per heavy atom. The van der Waals surface area contributed by atoms with Gasteiger partial charge in [-0.2, -0.15) is 0 Å². The van der Waals surface area contributed by atoms with Gasteiger partial charge in [-0.1, -0.05) is 0 Å². The monoisotopic (exact) mass is 241 g/mol. The predicted molar refractivity (Wildman–Crippen MR) is 71.0 cm³/mol. The summed E-state index contributed by atoms with van der Waals surface area (Å²) in [4.78, 5) is 16.0. The highest BCUT2D eigenvalue weighted by Crippen LogP contribution is 2.10. The van der Waals surface area contributed by atoms with Gasteiger partial charge in [0.05, 0.1) is 6.54 Å². The molecule has 0 aromatic carbocycles. The van der Waals surface area contributed by atoms with Crippen molar-refractivity contribution in [3.05, 3.63) is 0 Å². The highest BCUT2D eigenvalue weighted by atomic mass is 16.2. The zero-order valence-corrected chi connectivity index (χ0v) is 11.5. The van der Waals surface area contributed by atoms with Gasteiger partial charge in [0.2, 0.25) is 5.91 Å². The Kier molecular flexibility index (Phi) is 6.52. The first-order valence-corrected chi connectivity index (χ1v) is 6.84. The minimum atomic E-state index is 0.251. The molecule has 1 fully saturated rings. The maximum Gasteiger partial charge on any atom is 0.236 e. The second kappa shape index (κ2) is 7.67. The smallest absolute Gasteiger partial charge is 0.236 e. The average molecular weight is 241 g/mol. The van der Waals surface area contributed by atoms with E-state index in [0.717, 1.165) is 32.7 Å².